The number of benzene rings is 1. The summed E-state index contributed by atoms with van der Waals surface area (Å²) in [6.07, 6.45) is 1.71. The zero-order valence-corrected chi connectivity index (χ0v) is 12.6. The average molecular weight is 297 g/mol. The quantitative estimate of drug-likeness (QED) is 0.788. The fourth-order valence-electron chi connectivity index (χ4n) is 2.31. The number of nitrogen functional groups attached to an aromatic ring is 1. The van der Waals surface area contributed by atoms with Crippen LogP contribution in [-0.2, 0) is 0 Å². The highest BCUT2D eigenvalue weighted by atomic mass is 32.1. The van der Waals surface area contributed by atoms with Crippen molar-refractivity contribution in [2.75, 3.05) is 17.7 Å². The summed E-state index contributed by atoms with van der Waals surface area (Å²) in [4.78, 5) is 19.9. The molecule has 5 heteroatoms. The van der Waals surface area contributed by atoms with E-state index in [-0.39, 0.29) is 5.91 Å². The Morgan fingerprint density at radius 2 is 2.00 bits per heavy atom. The lowest BCUT2D eigenvalue weighted by Gasteiger charge is -2.19. The number of aryl methyl sites for hydroxylation is 1. The van der Waals surface area contributed by atoms with Gasteiger partial charge in [-0.15, -0.1) is 11.3 Å². The number of nitrogens with zero attached hydrogens (tertiary/aromatic N) is 2. The van der Waals surface area contributed by atoms with Gasteiger partial charge in [-0.1, -0.05) is 18.2 Å². The second-order valence-corrected chi connectivity index (χ2v) is 5.85. The van der Waals surface area contributed by atoms with Crippen LogP contribution < -0.4 is 10.6 Å². The third kappa shape index (κ3) is 2.25. The standard InChI is InChI=1S/C16H15N3OS/c1-10-6-3-4-8-12(10)19(2)16(20)14-13(17)11-7-5-9-18-15(11)21-14/h3-9H,17H2,1-2H3. The zero-order chi connectivity index (χ0) is 15.0. The van der Waals surface area contributed by atoms with Crippen molar-refractivity contribution in [3.05, 3.63) is 53.0 Å². The predicted molar refractivity (Wildman–Crippen MR) is 87.9 cm³/mol. The minimum Gasteiger partial charge on any atom is -0.397 e. The van der Waals surface area contributed by atoms with Gasteiger partial charge in [-0.05, 0) is 30.7 Å². The zero-order valence-electron chi connectivity index (χ0n) is 11.8. The summed E-state index contributed by atoms with van der Waals surface area (Å²) in [6.45, 7) is 1.98. The van der Waals surface area contributed by atoms with Crippen molar-refractivity contribution >= 4 is 38.8 Å². The van der Waals surface area contributed by atoms with E-state index in [1.54, 1.807) is 18.1 Å². The molecule has 1 amide bonds. The highest BCUT2D eigenvalue weighted by molar-refractivity contribution is 7.21. The topological polar surface area (TPSA) is 59.2 Å². The Balaban J connectivity index is 2.04. The number of rotatable bonds is 2. The molecule has 0 saturated carbocycles. The molecule has 0 aliphatic heterocycles. The van der Waals surface area contributed by atoms with Crippen LogP contribution in [0, 0.1) is 6.92 Å². The number of nitrogens with two attached hydrogens (primary N) is 1. The fraction of sp³-hybridized carbons (Fsp3) is 0.125. The molecule has 0 radical (unpaired) electrons. The van der Waals surface area contributed by atoms with Gasteiger partial charge in [0.2, 0.25) is 0 Å². The molecule has 0 fully saturated rings. The number of hydrogen-bond donors (Lipinski definition) is 1. The Morgan fingerprint density at radius 3 is 2.71 bits per heavy atom. The lowest BCUT2D eigenvalue weighted by molar-refractivity contribution is 0.0997. The van der Waals surface area contributed by atoms with Crippen LogP contribution in [0.2, 0.25) is 0 Å². The van der Waals surface area contributed by atoms with Crippen LogP contribution in [0.3, 0.4) is 0 Å². The highest BCUT2D eigenvalue weighted by Gasteiger charge is 2.21. The van der Waals surface area contributed by atoms with Gasteiger partial charge in [0.05, 0.1) is 5.69 Å². The summed E-state index contributed by atoms with van der Waals surface area (Å²) in [6, 6.07) is 11.5. The molecule has 106 valence electrons. The summed E-state index contributed by atoms with van der Waals surface area (Å²) in [7, 11) is 1.77. The van der Waals surface area contributed by atoms with E-state index < -0.39 is 0 Å². The van der Waals surface area contributed by atoms with E-state index in [2.05, 4.69) is 4.98 Å². The maximum atomic E-state index is 12.7. The summed E-state index contributed by atoms with van der Waals surface area (Å²) in [5, 5.41) is 0.837. The van der Waals surface area contributed by atoms with E-state index in [1.165, 1.54) is 11.3 Å². The first-order valence-electron chi connectivity index (χ1n) is 6.56. The first-order valence-corrected chi connectivity index (χ1v) is 7.38. The van der Waals surface area contributed by atoms with Gasteiger partial charge in [0, 0.05) is 24.3 Å². The van der Waals surface area contributed by atoms with Crippen LogP contribution in [0.1, 0.15) is 15.2 Å². The number of hydrogen-bond acceptors (Lipinski definition) is 4. The van der Waals surface area contributed by atoms with Crippen molar-refractivity contribution in [3.63, 3.8) is 0 Å². The van der Waals surface area contributed by atoms with E-state index in [4.69, 9.17) is 5.73 Å². The molecule has 21 heavy (non-hydrogen) atoms. The molecule has 2 aromatic heterocycles. The number of anilines is 2. The molecule has 2 heterocycles. The predicted octanol–water partition coefficient (Wildman–Crippen LogP) is 3.46. The first kappa shape index (κ1) is 13.6. The molecule has 3 rings (SSSR count). The van der Waals surface area contributed by atoms with E-state index >= 15 is 0 Å². The van der Waals surface area contributed by atoms with Crippen molar-refractivity contribution in [1.82, 2.24) is 4.98 Å². The smallest absolute Gasteiger partial charge is 0.270 e. The Labute approximate surface area is 126 Å². The van der Waals surface area contributed by atoms with Gasteiger partial charge >= 0.3 is 0 Å². The van der Waals surface area contributed by atoms with Crippen molar-refractivity contribution in [2.24, 2.45) is 0 Å². The number of amides is 1. The molecule has 0 atom stereocenters. The molecule has 0 unspecified atom stereocenters. The van der Waals surface area contributed by atoms with E-state index in [0.717, 1.165) is 21.5 Å². The normalized spacial score (nSPS) is 10.8. The molecule has 1 aromatic carbocycles. The van der Waals surface area contributed by atoms with Gasteiger partial charge in [0.25, 0.3) is 5.91 Å². The fourth-order valence-corrected chi connectivity index (χ4v) is 3.35. The number of fused-ring (bicyclic) bond motifs is 1. The summed E-state index contributed by atoms with van der Waals surface area (Å²) >= 11 is 1.33. The Hall–Kier alpha value is -2.40. The van der Waals surface area contributed by atoms with Crippen LogP contribution in [0.4, 0.5) is 11.4 Å². The minimum atomic E-state index is -0.107. The number of thiophene rings is 1. The molecule has 0 aliphatic rings. The van der Waals surface area contributed by atoms with Crippen molar-refractivity contribution in [2.45, 2.75) is 6.92 Å². The molecule has 2 N–H and O–H groups in total. The average Bonchev–Trinajstić information content (AvgIpc) is 2.84. The molecule has 0 aliphatic carbocycles. The number of carbonyl (C=O) groups excluding carboxylic acids is 1. The van der Waals surface area contributed by atoms with E-state index in [0.29, 0.717) is 10.6 Å². The third-order valence-electron chi connectivity index (χ3n) is 3.48. The Kier molecular flexibility index (Phi) is 3.35. The van der Waals surface area contributed by atoms with Crippen LogP contribution in [0.5, 0.6) is 0 Å². The van der Waals surface area contributed by atoms with Gasteiger partial charge in [-0.2, -0.15) is 0 Å². The third-order valence-corrected chi connectivity index (χ3v) is 4.60. The van der Waals surface area contributed by atoms with E-state index in [1.807, 2.05) is 43.3 Å². The van der Waals surface area contributed by atoms with Gasteiger partial charge in [0.15, 0.2) is 0 Å². The second-order valence-electron chi connectivity index (χ2n) is 4.85. The van der Waals surface area contributed by atoms with Gasteiger partial charge in [-0.3, -0.25) is 4.79 Å². The monoisotopic (exact) mass is 297 g/mol. The second kappa shape index (κ2) is 5.18. The molecule has 3 aromatic rings. The summed E-state index contributed by atoms with van der Waals surface area (Å²) < 4.78 is 0. The van der Waals surface area contributed by atoms with Crippen molar-refractivity contribution in [1.29, 1.82) is 0 Å². The van der Waals surface area contributed by atoms with Crippen molar-refractivity contribution in [3.8, 4) is 0 Å². The lowest BCUT2D eigenvalue weighted by atomic mass is 10.2. The molecular weight excluding hydrogens is 282 g/mol. The van der Waals surface area contributed by atoms with Gasteiger partial charge < -0.3 is 10.6 Å². The summed E-state index contributed by atoms with van der Waals surface area (Å²) in [5.41, 5.74) is 8.55. The van der Waals surface area contributed by atoms with Crippen LogP contribution in [0.15, 0.2) is 42.6 Å². The van der Waals surface area contributed by atoms with E-state index in [9.17, 15) is 4.79 Å². The SMILES string of the molecule is Cc1ccccc1N(C)C(=O)c1sc2ncccc2c1N. The Bertz CT molecular complexity index is 825. The molecule has 0 spiro atoms. The van der Waals surface area contributed by atoms with Crippen LogP contribution >= 0.6 is 11.3 Å². The molecular formula is C16H15N3OS. The van der Waals surface area contributed by atoms with Crippen molar-refractivity contribution < 1.29 is 4.79 Å². The maximum Gasteiger partial charge on any atom is 0.270 e. The van der Waals surface area contributed by atoms with Crippen LogP contribution in [0.25, 0.3) is 10.2 Å². The minimum absolute atomic E-state index is 0.107. The molecule has 0 bridgehead atoms. The lowest BCUT2D eigenvalue weighted by Crippen LogP contribution is -2.26. The molecule has 0 saturated heterocycles. The Morgan fingerprint density at radius 1 is 1.24 bits per heavy atom. The van der Waals surface area contributed by atoms with Gasteiger partial charge in [0.1, 0.15) is 9.71 Å². The number of pyridine rings is 1. The molecule has 4 nitrogen and oxygen atoms in total. The number of aromatic nitrogens is 1. The maximum absolute atomic E-state index is 12.7. The summed E-state index contributed by atoms with van der Waals surface area (Å²) in [5.74, 6) is -0.107. The largest absolute Gasteiger partial charge is 0.397 e. The first-order chi connectivity index (χ1) is 10.1. The number of para-hydroxylation sites is 1. The highest BCUT2D eigenvalue weighted by Crippen LogP contribution is 2.33. The van der Waals surface area contributed by atoms with Gasteiger partial charge in [-0.25, -0.2) is 4.98 Å². The van der Waals surface area contributed by atoms with Crippen LogP contribution in [-0.4, -0.2) is 17.9 Å². The number of carbonyl (C=O) groups is 1.